The van der Waals surface area contributed by atoms with Crippen LogP contribution >= 0.6 is 21.6 Å². The fourth-order valence-electron chi connectivity index (χ4n) is 2.14. The lowest BCUT2D eigenvalue weighted by molar-refractivity contribution is 0.514. The van der Waals surface area contributed by atoms with E-state index in [1.807, 2.05) is 10.8 Å². The Morgan fingerprint density at radius 3 is 2.76 bits per heavy atom. The maximum absolute atomic E-state index is 4.83. The van der Waals surface area contributed by atoms with Crippen molar-refractivity contribution in [1.82, 2.24) is 4.98 Å². The molecule has 1 aromatic rings. The molecule has 2 heterocycles. The Labute approximate surface area is 112 Å². The third-order valence-electron chi connectivity index (χ3n) is 3.01. The van der Waals surface area contributed by atoms with Crippen LogP contribution in [0.4, 0.5) is 5.82 Å². The highest BCUT2D eigenvalue weighted by atomic mass is 33.1. The van der Waals surface area contributed by atoms with E-state index in [-0.39, 0.29) is 5.54 Å². The first kappa shape index (κ1) is 13.1. The number of aromatic nitrogens is 1. The molecule has 17 heavy (non-hydrogen) atoms. The molecule has 1 aromatic heterocycles. The standard InChI is InChI=1S/C13H20N2S2/c1-13(2,3)15-8-7-10-5-6-11(9-17-16-4)14-12(10)15/h5-6H,7-9H2,1-4H3. The monoisotopic (exact) mass is 268 g/mol. The fourth-order valence-corrected chi connectivity index (χ4v) is 3.25. The Bertz CT molecular complexity index is 399. The van der Waals surface area contributed by atoms with Crippen LogP contribution in [0.3, 0.4) is 0 Å². The summed E-state index contributed by atoms with van der Waals surface area (Å²) in [7, 11) is 3.65. The van der Waals surface area contributed by atoms with Crippen LogP contribution in [0.25, 0.3) is 0 Å². The van der Waals surface area contributed by atoms with Crippen LogP contribution < -0.4 is 4.90 Å². The molecule has 1 aliphatic heterocycles. The Kier molecular flexibility index (Phi) is 3.93. The summed E-state index contributed by atoms with van der Waals surface area (Å²) in [6.07, 6.45) is 3.25. The number of nitrogens with zero attached hydrogens (tertiary/aromatic N) is 2. The summed E-state index contributed by atoms with van der Waals surface area (Å²) in [5.41, 5.74) is 2.76. The number of fused-ring (bicyclic) bond motifs is 1. The maximum atomic E-state index is 4.83. The van der Waals surface area contributed by atoms with E-state index in [2.05, 4.69) is 44.1 Å². The van der Waals surface area contributed by atoms with Gasteiger partial charge < -0.3 is 4.90 Å². The quantitative estimate of drug-likeness (QED) is 0.776. The Morgan fingerprint density at radius 1 is 1.35 bits per heavy atom. The lowest BCUT2D eigenvalue weighted by Crippen LogP contribution is -2.40. The van der Waals surface area contributed by atoms with Gasteiger partial charge in [0.2, 0.25) is 0 Å². The summed E-state index contributed by atoms with van der Waals surface area (Å²) in [6, 6.07) is 4.43. The van der Waals surface area contributed by atoms with Gasteiger partial charge in [-0.1, -0.05) is 27.7 Å². The molecule has 2 rings (SSSR count). The normalized spacial score (nSPS) is 15.2. The zero-order valence-corrected chi connectivity index (χ0v) is 12.6. The second-order valence-electron chi connectivity index (χ2n) is 5.29. The van der Waals surface area contributed by atoms with Crippen molar-refractivity contribution in [2.45, 2.75) is 38.5 Å². The van der Waals surface area contributed by atoms with Gasteiger partial charge in [-0.15, -0.1) is 0 Å². The van der Waals surface area contributed by atoms with Gasteiger partial charge in [0.15, 0.2) is 0 Å². The minimum Gasteiger partial charge on any atom is -0.351 e. The molecule has 0 saturated heterocycles. The smallest absolute Gasteiger partial charge is 0.132 e. The van der Waals surface area contributed by atoms with E-state index < -0.39 is 0 Å². The van der Waals surface area contributed by atoms with Gasteiger partial charge in [-0.05, 0) is 45.1 Å². The van der Waals surface area contributed by atoms with Crippen LogP contribution in [0, 0.1) is 0 Å². The molecule has 2 nitrogen and oxygen atoms in total. The SMILES string of the molecule is CSSCc1ccc2c(n1)N(C(C)(C)C)CC2. The van der Waals surface area contributed by atoms with Crippen LogP contribution in [0.2, 0.25) is 0 Å². The second-order valence-corrected chi connectivity index (χ2v) is 7.85. The van der Waals surface area contributed by atoms with Crippen molar-refractivity contribution < 1.29 is 0 Å². The van der Waals surface area contributed by atoms with Crippen molar-refractivity contribution in [3.05, 3.63) is 23.4 Å². The molecular formula is C13H20N2S2. The minimum atomic E-state index is 0.170. The average molecular weight is 268 g/mol. The molecule has 0 N–H and O–H groups in total. The van der Waals surface area contributed by atoms with Gasteiger partial charge in [-0.2, -0.15) is 0 Å². The van der Waals surface area contributed by atoms with Crippen LogP contribution in [-0.2, 0) is 12.2 Å². The van der Waals surface area contributed by atoms with E-state index in [0.29, 0.717) is 0 Å². The van der Waals surface area contributed by atoms with Gasteiger partial charge >= 0.3 is 0 Å². The molecule has 0 bridgehead atoms. The van der Waals surface area contributed by atoms with E-state index in [0.717, 1.165) is 18.7 Å². The van der Waals surface area contributed by atoms with Gasteiger partial charge in [-0.25, -0.2) is 4.98 Å². The second kappa shape index (κ2) is 5.11. The van der Waals surface area contributed by atoms with E-state index in [1.165, 1.54) is 17.1 Å². The lowest BCUT2D eigenvalue weighted by atomic mass is 10.1. The molecule has 0 aromatic carbocycles. The molecule has 0 fully saturated rings. The van der Waals surface area contributed by atoms with E-state index in [1.54, 1.807) is 10.8 Å². The Balaban J connectivity index is 2.24. The van der Waals surface area contributed by atoms with Crippen molar-refractivity contribution in [1.29, 1.82) is 0 Å². The van der Waals surface area contributed by atoms with E-state index >= 15 is 0 Å². The molecular weight excluding hydrogens is 248 g/mol. The molecule has 4 heteroatoms. The van der Waals surface area contributed by atoms with Crippen molar-refractivity contribution in [3.63, 3.8) is 0 Å². The number of anilines is 1. The minimum absolute atomic E-state index is 0.170. The number of rotatable bonds is 3. The van der Waals surface area contributed by atoms with Crippen molar-refractivity contribution in [2.24, 2.45) is 0 Å². The van der Waals surface area contributed by atoms with Gasteiger partial charge in [-0.3, -0.25) is 0 Å². The van der Waals surface area contributed by atoms with Crippen molar-refractivity contribution in [2.75, 3.05) is 17.7 Å². The predicted octanol–water partition coefficient (Wildman–Crippen LogP) is 3.75. The first-order valence-electron chi connectivity index (χ1n) is 5.94. The van der Waals surface area contributed by atoms with Gasteiger partial charge in [0.1, 0.15) is 5.82 Å². The summed E-state index contributed by atoms with van der Waals surface area (Å²) < 4.78 is 0. The zero-order chi connectivity index (χ0) is 12.5. The van der Waals surface area contributed by atoms with Gasteiger partial charge in [0.05, 0.1) is 5.69 Å². The molecule has 94 valence electrons. The summed E-state index contributed by atoms with van der Waals surface area (Å²) >= 11 is 0. The molecule has 0 saturated carbocycles. The molecule has 0 aliphatic carbocycles. The molecule has 0 spiro atoms. The number of hydrogen-bond donors (Lipinski definition) is 0. The Morgan fingerprint density at radius 2 is 2.12 bits per heavy atom. The Hall–Kier alpha value is -0.350. The predicted molar refractivity (Wildman–Crippen MR) is 79.9 cm³/mol. The highest BCUT2D eigenvalue weighted by Gasteiger charge is 2.29. The third kappa shape index (κ3) is 2.91. The summed E-state index contributed by atoms with van der Waals surface area (Å²) in [5, 5.41) is 0. The summed E-state index contributed by atoms with van der Waals surface area (Å²) in [6.45, 7) is 7.87. The molecule has 1 aliphatic rings. The fraction of sp³-hybridized carbons (Fsp3) is 0.615. The van der Waals surface area contributed by atoms with Crippen molar-refractivity contribution >= 4 is 27.4 Å². The first-order valence-corrected chi connectivity index (χ1v) is 8.67. The van der Waals surface area contributed by atoms with Crippen LogP contribution in [0.5, 0.6) is 0 Å². The van der Waals surface area contributed by atoms with Crippen molar-refractivity contribution in [3.8, 4) is 0 Å². The highest BCUT2D eigenvalue weighted by molar-refractivity contribution is 8.76. The third-order valence-corrected chi connectivity index (χ3v) is 4.72. The van der Waals surface area contributed by atoms with Crippen LogP contribution in [-0.4, -0.2) is 23.3 Å². The van der Waals surface area contributed by atoms with E-state index in [4.69, 9.17) is 4.98 Å². The zero-order valence-electron chi connectivity index (χ0n) is 11.0. The first-order chi connectivity index (χ1) is 8.02. The lowest BCUT2D eigenvalue weighted by Gasteiger charge is -2.33. The molecule has 0 radical (unpaired) electrons. The highest BCUT2D eigenvalue weighted by Crippen LogP contribution is 2.33. The summed E-state index contributed by atoms with van der Waals surface area (Å²) in [5.74, 6) is 2.20. The van der Waals surface area contributed by atoms with Gasteiger partial charge in [0, 0.05) is 17.8 Å². The molecule has 0 amide bonds. The number of hydrogen-bond acceptors (Lipinski definition) is 4. The summed E-state index contributed by atoms with van der Waals surface area (Å²) in [4.78, 5) is 7.26. The molecule has 0 unspecified atom stereocenters. The topological polar surface area (TPSA) is 16.1 Å². The molecule has 0 atom stereocenters. The van der Waals surface area contributed by atoms with E-state index in [9.17, 15) is 0 Å². The number of pyridine rings is 1. The van der Waals surface area contributed by atoms with Gasteiger partial charge in [0.25, 0.3) is 0 Å². The van der Waals surface area contributed by atoms with Crippen LogP contribution in [0.1, 0.15) is 32.0 Å². The van der Waals surface area contributed by atoms with Crippen LogP contribution in [0.15, 0.2) is 12.1 Å². The maximum Gasteiger partial charge on any atom is 0.132 e. The average Bonchev–Trinajstić information content (AvgIpc) is 2.68. The largest absolute Gasteiger partial charge is 0.351 e.